The fraction of sp³-hybridized carbons (Fsp3) is 0.333. The number of benzene rings is 2. The Morgan fingerprint density at radius 1 is 1.21 bits per heavy atom. The molecule has 0 saturated carbocycles. The topological polar surface area (TPSA) is 111 Å². The number of nitro groups is 1. The van der Waals surface area contributed by atoms with Gasteiger partial charge in [-0.3, -0.25) is 10.1 Å². The molecule has 0 amide bonds. The molecule has 11 nitrogen and oxygen atoms in total. The number of para-hydroxylation sites is 1. The molecule has 4 aromatic rings. The van der Waals surface area contributed by atoms with Crippen LogP contribution in [0.5, 0.6) is 11.5 Å². The Morgan fingerprint density at radius 2 is 2.03 bits per heavy atom. The summed E-state index contributed by atoms with van der Waals surface area (Å²) in [5.74, 6) is 1.62. The molecule has 5 rings (SSSR count). The Hall–Kier alpha value is -4.38. The summed E-state index contributed by atoms with van der Waals surface area (Å²) in [5, 5.41) is 16.1. The van der Waals surface area contributed by atoms with Gasteiger partial charge in [0, 0.05) is 55.6 Å². The van der Waals surface area contributed by atoms with Crippen molar-refractivity contribution in [3.05, 3.63) is 58.9 Å². The fourth-order valence-electron chi connectivity index (χ4n) is 4.51. The normalized spacial score (nSPS) is 12.1. The highest BCUT2D eigenvalue weighted by Crippen LogP contribution is 2.40. The molecule has 0 spiro atoms. The van der Waals surface area contributed by atoms with Gasteiger partial charge in [0.2, 0.25) is 5.95 Å². The molecule has 11 heteroatoms. The van der Waals surface area contributed by atoms with E-state index in [1.54, 1.807) is 12.3 Å². The van der Waals surface area contributed by atoms with Crippen molar-refractivity contribution in [3.8, 4) is 22.8 Å². The second-order valence-electron chi connectivity index (χ2n) is 9.15. The highest BCUT2D eigenvalue weighted by molar-refractivity contribution is 5.98. The van der Waals surface area contributed by atoms with E-state index in [9.17, 15) is 10.1 Å². The SMILES string of the molecule is C.COc1cc(N(C)CCN(C)C)c([N+](=O)[O-])cc1Nc1nccc(-c2cn3c4c(cccc24)OCC3)n1. The largest absolute Gasteiger partial charge is 0.494 e. The fourth-order valence-corrected chi connectivity index (χ4v) is 4.51. The van der Waals surface area contributed by atoms with Crippen LogP contribution in [-0.2, 0) is 6.54 Å². The van der Waals surface area contributed by atoms with Gasteiger partial charge in [0.15, 0.2) is 0 Å². The molecule has 0 unspecified atom stereocenters. The molecule has 2 aromatic carbocycles. The van der Waals surface area contributed by atoms with Crippen LogP contribution < -0.4 is 19.7 Å². The van der Waals surface area contributed by atoms with Gasteiger partial charge in [-0.05, 0) is 26.2 Å². The van der Waals surface area contributed by atoms with Crippen molar-refractivity contribution in [2.24, 2.45) is 0 Å². The third kappa shape index (κ3) is 5.05. The Morgan fingerprint density at radius 3 is 2.76 bits per heavy atom. The van der Waals surface area contributed by atoms with E-state index in [2.05, 4.69) is 21.1 Å². The number of nitrogens with zero attached hydrogens (tertiary/aromatic N) is 6. The summed E-state index contributed by atoms with van der Waals surface area (Å²) in [5.41, 5.74) is 3.59. The van der Waals surface area contributed by atoms with Crippen LogP contribution >= 0.6 is 0 Å². The number of rotatable bonds is 9. The van der Waals surface area contributed by atoms with Crippen molar-refractivity contribution < 1.29 is 14.4 Å². The number of aromatic nitrogens is 3. The zero-order chi connectivity index (χ0) is 26.1. The lowest BCUT2D eigenvalue weighted by Crippen LogP contribution is -2.28. The molecule has 0 atom stereocenters. The van der Waals surface area contributed by atoms with Gasteiger partial charge in [-0.15, -0.1) is 0 Å². The first-order valence-electron chi connectivity index (χ1n) is 11.9. The number of nitrogens with one attached hydrogen (secondary N) is 1. The third-order valence-electron chi connectivity index (χ3n) is 6.42. The second-order valence-corrected chi connectivity index (χ2v) is 9.15. The van der Waals surface area contributed by atoms with Gasteiger partial charge < -0.3 is 29.2 Å². The van der Waals surface area contributed by atoms with Gasteiger partial charge in [-0.25, -0.2) is 9.97 Å². The predicted molar refractivity (Wildman–Crippen MR) is 150 cm³/mol. The first-order chi connectivity index (χ1) is 17.9. The molecule has 200 valence electrons. The standard InChI is InChI=1S/C26H29N7O4.CH4/c1-30(2)10-11-31(3)21-15-24(36-4)20(14-22(21)33(34)35)29-26-27-9-8-19(28-26)18-16-32-12-13-37-23-7-5-6-17(18)25(23)32;/h5-9,14-16H,10-13H2,1-4H3,(H,27,28,29);1H4. The van der Waals surface area contributed by atoms with Crippen LogP contribution in [0, 0.1) is 10.1 Å². The average Bonchev–Trinajstić information content (AvgIpc) is 3.28. The molecule has 0 aliphatic carbocycles. The smallest absolute Gasteiger partial charge is 0.294 e. The van der Waals surface area contributed by atoms with Crippen LogP contribution in [-0.4, -0.2) is 72.3 Å². The molecule has 0 radical (unpaired) electrons. The maximum absolute atomic E-state index is 12.0. The van der Waals surface area contributed by atoms with Crippen LogP contribution in [0.25, 0.3) is 22.2 Å². The van der Waals surface area contributed by atoms with Gasteiger partial charge >= 0.3 is 0 Å². The zero-order valence-corrected chi connectivity index (χ0v) is 21.3. The van der Waals surface area contributed by atoms with Crippen molar-refractivity contribution in [3.63, 3.8) is 0 Å². The Balaban J connectivity index is 0.00000336. The van der Waals surface area contributed by atoms with Gasteiger partial charge in [-0.2, -0.15) is 0 Å². The first kappa shape index (κ1) is 26.7. The molecular weight excluding hydrogens is 486 g/mol. The maximum atomic E-state index is 12.0. The minimum Gasteiger partial charge on any atom is -0.494 e. The number of ether oxygens (including phenoxy) is 2. The van der Waals surface area contributed by atoms with Crippen LogP contribution in [0.4, 0.5) is 23.0 Å². The summed E-state index contributed by atoms with van der Waals surface area (Å²) >= 11 is 0. The van der Waals surface area contributed by atoms with E-state index in [1.165, 1.54) is 13.2 Å². The van der Waals surface area contributed by atoms with Crippen molar-refractivity contribution in [1.82, 2.24) is 19.4 Å². The molecule has 2 aromatic heterocycles. The molecule has 38 heavy (non-hydrogen) atoms. The Labute approximate surface area is 221 Å². The highest BCUT2D eigenvalue weighted by Gasteiger charge is 2.23. The molecule has 1 aliphatic rings. The zero-order valence-electron chi connectivity index (χ0n) is 21.3. The van der Waals surface area contributed by atoms with Crippen molar-refractivity contribution in [2.75, 3.05) is 58.2 Å². The van der Waals surface area contributed by atoms with Crippen molar-refractivity contribution in [2.45, 2.75) is 14.0 Å². The van der Waals surface area contributed by atoms with E-state index in [0.29, 0.717) is 36.2 Å². The number of hydrogen-bond donors (Lipinski definition) is 1. The van der Waals surface area contributed by atoms with Crippen LogP contribution in [0.2, 0.25) is 0 Å². The summed E-state index contributed by atoms with van der Waals surface area (Å²) < 4.78 is 13.6. The molecule has 0 bridgehead atoms. The predicted octanol–water partition coefficient (Wildman–Crippen LogP) is 4.79. The van der Waals surface area contributed by atoms with Gasteiger partial charge in [0.1, 0.15) is 23.8 Å². The van der Waals surface area contributed by atoms with E-state index in [4.69, 9.17) is 14.5 Å². The van der Waals surface area contributed by atoms with Crippen LogP contribution in [0.15, 0.2) is 48.8 Å². The number of anilines is 3. The Kier molecular flexibility index (Phi) is 7.67. The summed E-state index contributed by atoms with van der Waals surface area (Å²) in [6, 6.07) is 11.0. The van der Waals surface area contributed by atoms with E-state index in [0.717, 1.165) is 41.0 Å². The monoisotopic (exact) mass is 519 g/mol. The molecule has 1 aliphatic heterocycles. The number of nitro benzene ring substituents is 1. The summed E-state index contributed by atoms with van der Waals surface area (Å²) in [6.45, 7) is 2.76. The molecule has 0 saturated heterocycles. The summed E-state index contributed by atoms with van der Waals surface area (Å²) in [7, 11) is 7.28. The minimum atomic E-state index is -0.390. The number of likely N-dealkylation sites (N-methyl/N-ethyl adjacent to an activating group) is 2. The van der Waals surface area contributed by atoms with E-state index in [-0.39, 0.29) is 18.0 Å². The molecule has 1 N–H and O–H groups in total. The van der Waals surface area contributed by atoms with Crippen molar-refractivity contribution in [1.29, 1.82) is 0 Å². The highest BCUT2D eigenvalue weighted by atomic mass is 16.6. The lowest BCUT2D eigenvalue weighted by Gasteiger charge is -2.22. The minimum absolute atomic E-state index is 0. The van der Waals surface area contributed by atoms with E-state index >= 15 is 0 Å². The van der Waals surface area contributed by atoms with Gasteiger partial charge in [0.05, 0.1) is 35.5 Å². The van der Waals surface area contributed by atoms with E-state index < -0.39 is 0 Å². The maximum Gasteiger partial charge on any atom is 0.294 e. The van der Waals surface area contributed by atoms with Gasteiger partial charge in [0.25, 0.3) is 5.69 Å². The molecule has 3 heterocycles. The summed E-state index contributed by atoms with van der Waals surface area (Å²) in [4.78, 5) is 24.5. The lowest BCUT2D eigenvalue weighted by atomic mass is 10.1. The number of hydrogen-bond acceptors (Lipinski definition) is 9. The quantitative estimate of drug-likeness (QED) is 0.247. The van der Waals surface area contributed by atoms with Crippen LogP contribution in [0.1, 0.15) is 7.43 Å². The Bertz CT molecular complexity index is 1470. The average molecular weight is 520 g/mol. The molecule has 0 fully saturated rings. The van der Waals surface area contributed by atoms with Crippen molar-refractivity contribution >= 4 is 33.9 Å². The third-order valence-corrected chi connectivity index (χ3v) is 6.42. The van der Waals surface area contributed by atoms with E-state index in [1.807, 2.05) is 55.2 Å². The molecular formula is C27H33N7O4. The number of methoxy groups -OCH3 is 1. The lowest BCUT2D eigenvalue weighted by molar-refractivity contribution is -0.384. The van der Waals surface area contributed by atoms with Crippen LogP contribution in [0.3, 0.4) is 0 Å². The second kappa shape index (κ2) is 10.9. The van der Waals surface area contributed by atoms with Gasteiger partial charge in [-0.1, -0.05) is 19.6 Å². The summed E-state index contributed by atoms with van der Waals surface area (Å²) in [6.07, 6.45) is 3.74. The first-order valence-corrected chi connectivity index (χ1v) is 11.9.